The van der Waals surface area contributed by atoms with E-state index in [1.54, 1.807) is 25.1 Å². The summed E-state index contributed by atoms with van der Waals surface area (Å²) < 4.78 is 5.89. The fourth-order valence-corrected chi connectivity index (χ4v) is 3.97. The van der Waals surface area contributed by atoms with Crippen LogP contribution in [-0.4, -0.2) is 40.2 Å². The zero-order valence-corrected chi connectivity index (χ0v) is 18.7. The molecule has 2 N–H and O–H groups in total. The molecular weight excluding hydrogens is 472 g/mol. The van der Waals surface area contributed by atoms with E-state index >= 15 is 0 Å². The van der Waals surface area contributed by atoms with Gasteiger partial charge in [-0.05, 0) is 61.5 Å². The number of anilines is 1. The van der Waals surface area contributed by atoms with Crippen LogP contribution in [0.5, 0.6) is 11.5 Å². The molecule has 3 amide bonds. The molecule has 156 valence electrons. The van der Waals surface area contributed by atoms with E-state index in [0.29, 0.717) is 22.3 Å². The van der Waals surface area contributed by atoms with Gasteiger partial charge in [-0.25, -0.2) is 0 Å². The highest BCUT2D eigenvalue weighted by atomic mass is 79.9. The van der Waals surface area contributed by atoms with E-state index in [9.17, 15) is 19.5 Å². The van der Waals surface area contributed by atoms with Crippen molar-refractivity contribution >= 4 is 56.5 Å². The Morgan fingerprint density at radius 1 is 1.27 bits per heavy atom. The van der Waals surface area contributed by atoms with Crippen molar-refractivity contribution in [2.75, 3.05) is 18.5 Å². The van der Waals surface area contributed by atoms with Crippen molar-refractivity contribution in [3.63, 3.8) is 0 Å². The maximum Gasteiger partial charge on any atom is 0.294 e. The van der Waals surface area contributed by atoms with E-state index in [-0.39, 0.29) is 22.9 Å². The lowest BCUT2D eigenvalue weighted by Gasteiger charge is -2.12. The molecule has 0 bridgehead atoms. The van der Waals surface area contributed by atoms with Crippen LogP contribution in [0.15, 0.2) is 45.8 Å². The lowest BCUT2D eigenvalue weighted by Crippen LogP contribution is -2.36. The van der Waals surface area contributed by atoms with Crippen molar-refractivity contribution in [3.8, 4) is 11.5 Å². The molecule has 7 nitrogen and oxygen atoms in total. The Bertz CT molecular complexity index is 1040. The molecule has 30 heavy (non-hydrogen) atoms. The third kappa shape index (κ3) is 5.03. The number of aromatic hydroxyl groups is 1. The molecule has 0 unspecified atom stereocenters. The highest BCUT2D eigenvalue weighted by Crippen LogP contribution is 2.37. The summed E-state index contributed by atoms with van der Waals surface area (Å²) in [6.45, 7) is 3.70. The molecule has 1 aliphatic rings. The van der Waals surface area contributed by atoms with Crippen molar-refractivity contribution in [3.05, 3.63) is 56.9 Å². The van der Waals surface area contributed by atoms with Crippen molar-refractivity contribution in [2.24, 2.45) is 0 Å². The van der Waals surface area contributed by atoms with Crippen LogP contribution in [0.3, 0.4) is 0 Å². The zero-order chi connectivity index (χ0) is 21.8. The molecule has 1 heterocycles. The molecule has 1 saturated heterocycles. The topological polar surface area (TPSA) is 95.9 Å². The molecule has 2 aromatic rings. The number of phenolic OH excluding ortho intramolecular Hbond substituents is 1. The van der Waals surface area contributed by atoms with E-state index in [0.717, 1.165) is 22.2 Å². The molecule has 3 rings (SSSR count). The Morgan fingerprint density at radius 2 is 1.97 bits per heavy atom. The number of carbonyl (C=O) groups excluding carboxylic acids is 3. The van der Waals surface area contributed by atoms with E-state index in [1.807, 2.05) is 19.1 Å². The summed E-state index contributed by atoms with van der Waals surface area (Å²) in [5.74, 6) is -0.792. The summed E-state index contributed by atoms with van der Waals surface area (Å²) >= 11 is 4.08. The van der Waals surface area contributed by atoms with Gasteiger partial charge in [0.05, 0.1) is 11.5 Å². The van der Waals surface area contributed by atoms with Gasteiger partial charge >= 0.3 is 0 Å². The Morgan fingerprint density at radius 3 is 2.63 bits per heavy atom. The molecule has 0 aromatic heterocycles. The number of amides is 3. The quantitative estimate of drug-likeness (QED) is 0.577. The molecule has 0 spiro atoms. The van der Waals surface area contributed by atoms with Gasteiger partial charge in [-0.1, -0.05) is 33.6 Å². The minimum Gasteiger partial charge on any atom is -0.504 e. The number of halogens is 1. The molecular formula is C21H19BrN2O5S. The molecule has 0 saturated carbocycles. The van der Waals surface area contributed by atoms with Crippen LogP contribution in [0, 0.1) is 6.92 Å². The van der Waals surface area contributed by atoms with Crippen molar-refractivity contribution in [1.29, 1.82) is 0 Å². The summed E-state index contributed by atoms with van der Waals surface area (Å²) in [6.07, 6.45) is 1.52. The fraction of sp³-hybridized carbons (Fsp3) is 0.190. The van der Waals surface area contributed by atoms with Crippen LogP contribution in [0.1, 0.15) is 18.1 Å². The first kappa shape index (κ1) is 21.9. The molecule has 0 atom stereocenters. The largest absolute Gasteiger partial charge is 0.504 e. The van der Waals surface area contributed by atoms with Gasteiger partial charge in [0.1, 0.15) is 6.54 Å². The van der Waals surface area contributed by atoms with Gasteiger partial charge in [-0.3, -0.25) is 19.3 Å². The summed E-state index contributed by atoms with van der Waals surface area (Å²) in [6, 6.07) is 10.2. The number of hydrogen-bond acceptors (Lipinski definition) is 6. The summed E-state index contributed by atoms with van der Waals surface area (Å²) in [5.41, 5.74) is 2.20. The van der Waals surface area contributed by atoms with Crippen LogP contribution in [0.2, 0.25) is 0 Å². The number of phenols is 1. The zero-order valence-electron chi connectivity index (χ0n) is 16.3. The van der Waals surface area contributed by atoms with Crippen molar-refractivity contribution < 1.29 is 24.2 Å². The minimum absolute atomic E-state index is 0.0400. The van der Waals surface area contributed by atoms with Crippen LogP contribution >= 0.6 is 27.7 Å². The summed E-state index contributed by atoms with van der Waals surface area (Å²) in [4.78, 5) is 38.3. The van der Waals surface area contributed by atoms with E-state index in [4.69, 9.17) is 4.74 Å². The number of thioether (sulfide) groups is 1. The second-order valence-electron chi connectivity index (χ2n) is 6.46. The standard InChI is InChI=1S/C21H19BrN2O5S/c1-3-29-17-8-13(15(22)10-16(17)25)9-18-20(27)24(21(28)30-18)11-19(26)23-14-6-4-12(2)5-7-14/h4-10,25H,3,11H2,1-2H3,(H,23,26)/b18-9-. The maximum absolute atomic E-state index is 12.7. The molecule has 0 aliphatic carbocycles. The van der Waals surface area contributed by atoms with Crippen molar-refractivity contribution in [1.82, 2.24) is 4.90 Å². The van der Waals surface area contributed by atoms with Gasteiger partial charge in [0, 0.05) is 10.2 Å². The number of rotatable bonds is 6. The van der Waals surface area contributed by atoms with Crippen molar-refractivity contribution in [2.45, 2.75) is 13.8 Å². The number of hydrogen-bond donors (Lipinski definition) is 2. The van der Waals surface area contributed by atoms with Crippen LogP contribution in [0.4, 0.5) is 10.5 Å². The second kappa shape index (κ2) is 9.36. The number of imide groups is 1. The first-order chi connectivity index (χ1) is 14.3. The van der Waals surface area contributed by atoms with Gasteiger partial charge < -0.3 is 15.2 Å². The molecule has 1 fully saturated rings. The lowest BCUT2D eigenvalue weighted by atomic mass is 10.2. The highest BCUT2D eigenvalue weighted by Gasteiger charge is 2.36. The van der Waals surface area contributed by atoms with E-state index < -0.39 is 17.1 Å². The van der Waals surface area contributed by atoms with Gasteiger partial charge in [0.2, 0.25) is 5.91 Å². The number of carbonyl (C=O) groups is 3. The van der Waals surface area contributed by atoms with Gasteiger partial charge in [0.15, 0.2) is 11.5 Å². The van der Waals surface area contributed by atoms with Crippen LogP contribution in [-0.2, 0) is 9.59 Å². The Kier molecular flexibility index (Phi) is 6.84. The van der Waals surface area contributed by atoms with Gasteiger partial charge in [-0.15, -0.1) is 0 Å². The summed E-state index contributed by atoms with van der Waals surface area (Å²) in [5, 5.41) is 12.1. The van der Waals surface area contributed by atoms with Crippen LogP contribution in [0.25, 0.3) is 6.08 Å². The lowest BCUT2D eigenvalue weighted by molar-refractivity contribution is -0.127. The SMILES string of the molecule is CCOc1cc(/C=C2\SC(=O)N(CC(=O)Nc3ccc(C)cc3)C2=O)c(Br)cc1O. The summed E-state index contributed by atoms with van der Waals surface area (Å²) in [7, 11) is 0. The molecule has 1 aliphatic heterocycles. The van der Waals surface area contributed by atoms with Gasteiger partial charge in [0.25, 0.3) is 11.1 Å². The first-order valence-corrected chi connectivity index (χ1v) is 10.7. The molecule has 2 aromatic carbocycles. The monoisotopic (exact) mass is 490 g/mol. The molecule has 0 radical (unpaired) electrons. The number of nitrogens with zero attached hydrogens (tertiary/aromatic N) is 1. The average molecular weight is 491 g/mol. The van der Waals surface area contributed by atoms with Crippen LogP contribution < -0.4 is 10.1 Å². The number of aryl methyl sites for hydroxylation is 1. The Balaban J connectivity index is 1.75. The Labute approximate surface area is 186 Å². The number of ether oxygens (including phenoxy) is 1. The number of benzene rings is 2. The third-order valence-electron chi connectivity index (χ3n) is 4.18. The third-order valence-corrected chi connectivity index (χ3v) is 5.77. The minimum atomic E-state index is -0.554. The molecule has 9 heteroatoms. The normalized spacial score (nSPS) is 15.0. The predicted molar refractivity (Wildman–Crippen MR) is 119 cm³/mol. The predicted octanol–water partition coefficient (Wildman–Crippen LogP) is 4.54. The Hall–Kier alpha value is -2.78. The van der Waals surface area contributed by atoms with E-state index in [2.05, 4.69) is 21.2 Å². The second-order valence-corrected chi connectivity index (χ2v) is 8.30. The number of nitrogens with one attached hydrogen (secondary N) is 1. The highest BCUT2D eigenvalue weighted by molar-refractivity contribution is 9.10. The average Bonchev–Trinajstić information content (AvgIpc) is 2.95. The maximum atomic E-state index is 12.7. The fourth-order valence-electron chi connectivity index (χ4n) is 2.70. The smallest absolute Gasteiger partial charge is 0.294 e. The van der Waals surface area contributed by atoms with E-state index in [1.165, 1.54) is 12.1 Å². The van der Waals surface area contributed by atoms with Gasteiger partial charge in [-0.2, -0.15) is 0 Å². The first-order valence-electron chi connectivity index (χ1n) is 9.05.